The number of piperazine rings is 1. The fraction of sp³-hybridized carbons (Fsp3) is 0.696. The van der Waals surface area contributed by atoms with Gasteiger partial charge in [-0.2, -0.15) is 0 Å². The molecule has 1 unspecified atom stereocenters. The second-order valence-electron chi connectivity index (χ2n) is 8.03. The number of nitrogens with zero attached hydrogens (tertiary/aromatic N) is 3. The Labute approximate surface area is 186 Å². The molecule has 0 spiro atoms. The van der Waals surface area contributed by atoms with Gasteiger partial charge in [0.05, 0.1) is 18.4 Å². The third-order valence-electron chi connectivity index (χ3n) is 5.67. The minimum Gasteiger partial charge on any atom is -0.379 e. The molecule has 174 valence electrons. The predicted octanol–water partition coefficient (Wildman–Crippen LogP) is 2.09. The number of guanidine groups is 1. The van der Waals surface area contributed by atoms with Gasteiger partial charge in [0.1, 0.15) is 5.82 Å². The van der Waals surface area contributed by atoms with Gasteiger partial charge in [0, 0.05) is 59.0 Å². The summed E-state index contributed by atoms with van der Waals surface area (Å²) in [6, 6.07) is 7.05. The van der Waals surface area contributed by atoms with Crippen LogP contribution in [0.15, 0.2) is 29.3 Å². The van der Waals surface area contributed by atoms with E-state index in [1.165, 1.54) is 6.07 Å². The van der Waals surface area contributed by atoms with E-state index in [-0.39, 0.29) is 11.9 Å². The van der Waals surface area contributed by atoms with Gasteiger partial charge in [0.25, 0.3) is 0 Å². The number of para-hydroxylation sites is 1. The van der Waals surface area contributed by atoms with Gasteiger partial charge in [-0.25, -0.2) is 4.39 Å². The number of nitrogens with one attached hydrogen (secondary N) is 2. The van der Waals surface area contributed by atoms with Crippen molar-refractivity contribution in [2.75, 3.05) is 77.1 Å². The van der Waals surface area contributed by atoms with Crippen molar-refractivity contribution >= 4 is 11.6 Å². The molecule has 3 rings (SSSR count). The molecule has 0 aliphatic carbocycles. The predicted molar refractivity (Wildman–Crippen MR) is 123 cm³/mol. The summed E-state index contributed by atoms with van der Waals surface area (Å²) in [5.41, 5.74) is 0.720. The first-order valence-electron chi connectivity index (χ1n) is 11.7. The van der Waals surface area contributed by atoms with Gasteiger partial charge in [-0.05, 0) is 44.9 Å². The Bertz CT molecular complexity index is 661. The van der Waals surface area contributed by atoms with Crippen LogP contribution in [-0.2, 0) is 9.47 Å². The molecule has 2 aliphatic rings. The van der Waals surface area contributed by atoms with Crippen molar-refractivity contribution < 1.29 is 13.9 Å². The summed E-state index contributed by atoms with van der Waals surface area (Å²) in [6.07, 6.45) is 3.24. The lowest BCUT2D eigenvalue weighted by molar-refractivity contribution is 0.0424. The molecular weight excluding hydrogens is 397 g/mol. The van der Waals surface area contributed by atoms with Gasteiger partial charge >= 0.3 is 0 Å². The normalized spacial score (nSPS) is 20.3. The highest BCUT2D eigenvalue weighted by Crippen LogP contribution is 2.20. The number of hydrogen-bond donors (Lipinski definition) is 2. The minimum atomic E-state index is -0.130. The van der Waals surface area contributed by atoms with E-state index in [1.54, 1.807) is 6.07 Å². The van der Waals surface area contributed by atoms with Crippen LogP contribution in [0, 0.1) is 5.82 Å². The van der Waals surface area contributed by atoms with E-state index in [1.807, 2.05) is 12.1 Å². The summed E-state index contributed by atoms with van der Waals surface area (Å²) in [5, 5.41) is 6.73. The van der Waals surface area contributed by atoms with Crippen molar-refractivity contribution in [2.45, 2.75) is 32.3 Å². The number of benzene rings is 1. The molecule has 0 saturated carbocycles. The number of aliphatic imine (C=N–C) groups is 1. The van der Waals surface area contributed by atoms with Crippen LogP contribution in [0.2, 0.25) is 0 Å². The minimum absolute atomic E-state index is 0.130. The molecule has 2 N–H and O–H groups in total. The third-order valence-corrected chi connectivity index (χ3v) is 5.67. The van der Waals surface area contributed by atoms with E-state index in [9.17, 15) is 4.39 Å². The quantitative estimate of drug-likeness (QED) is 0.315. The SMILES string of the molecule is CCNC(=NCCCOC1CCOC1)NCCCN1CCN(c2ccccc2F)CC1. The Morgan fingerprint density at radius 1 is 1.19 bits per heavy atom. The van der Waals surface area contributed by atoms with Crippen LogP contribution in [0.4, 0.5) is 10.1 Å². The molecule has 8 heteroatoms. The molecule has 1 aromatic rings. The van der Waals surface area contributed by atoms with E-state index < -0.39 is 0 Å². The van der Waals surface area contributed by atoms with Crippen LogP contribution >= 0.6 is 0 Å². The van der Waals surface area contributed by atoms with Gasteiger partial charge in [-0.15, -0.1) is 0 Å². The Kier molecular flexibility index (Phi) is 10.3. The fourth-order valence-electron chi connectivity index (χ4n) is 3.92. The van der Waals surface area contributed by atoms with Crippen LogP contribution in [0.1, 0.15) is 26.2 Å². The number of hydrogen-bond acceptors (Lipinski definition) is 5. The van der Waals surface area contributed by atoms with Crippen LogP contribution in [0.25, 0.3) is 0 Å². The molecule has 31 heavy (non-hydrogen) atoms. The fourth-order valence-corrected chi connectivity index (χ4v) is 3.92. The maximum Gasteiger partial charge on any atom is 0.191 e. The summed E-state index contributed by atoms with van der Waals surface area (Å²) < 4.78 is 25.1. The van der Waals surface area contributed by atoms with E-state index in [4.69, 9.17) is 9.47 Å². The molecule has 0 amide bonds. The zero-order chi connectivity index (χ0) is 21.7. The van der Waals surface area contributed by atoms with Gasteiger partial charge < -0.3 is 25.0 Å². The highest BCUT2D eigenvalue weighted by atomic mass is 19.1. The molecule has 7 nitrogen and oxygen atoms in total. The Hall–Kier alpha value is -1.90. The summed E-state index contributed by atoms with van der Waals surface area (Å²) >= 11 is 0. The first-order chi connectivity index (χ1) is 15.3. The zero-order valence-corrected chi connectivity index (χ0v) is 18.8. The van der Waals surface area contributed by atoms with Crippen molar-refractivity contribution in [2.24, 2.45) is 4.99 Å². The monoisotopic (exact) mass is 435 g/mol. The number of anilines is 1. The standard InChI is InChI=1S/C23H38FN5O2/c1-2-25-23(27-11-6-17-31-20-9-18-30-19-20)26-10-5-12-28-13-15-29(16-14-28)22-8-4-3-7-21(22)24/h3-4,7-8,20H,2,5-6,9-19H2,1H3,(H2,25,26,27). The molecule has 0 radical (unpaired) electrons. The Morgan fingerprint density at radius 3 is 2.77 bits per heavy atom. The first-order valence-corrected chi connectivity index (χ1v) is 11.7. The van der Waals surface area contributed by atoms with Gasteiger partial charge in [0.15, 0.2) is 5.96 Å². The first kappa shape index (κ1) is 23.8. The zero-order valence-electron chi connectivity index (χ0n) is 18.8. The molecule has 0 bridgehead atoms. The molecule has 0 aromatic heterocycles. The van der Waals surface area contributed by atoms with Crippen LogP contribution < -0.4 is 15.5 Å². The highest BCUT2D eigenvalue weighted by Gasteiger charge is 2.19. The van der Waals surface area contributed by atoms with E-state index in [0.29, 0.717) is 0 Å². The molecule has 2 heterocycles. The Morgan fingerprint density at radius 2 is 2.03 bits per heavy atom. The molecule has 1 atom stereocenters. The number of halogens is 1. The average Bonchev–Trinajstić information content (AvgIpc) is 3.31. The Balaban J connectivity index is 1.27. The van der Waals surface area contributed by atoms with Crippen molar-refractivity contribution in [3.8, 4) is 0 Å². The maximum absolute atomic E-state index is 14.0. The van der Waals surface area contributed by atoms with E-state index in [2.05, 4.69) is 32.3 Å². The summed E-state index contributed by atoms with van der Waals surface area (Å²) in [4.78, 5) is 9.23. The highest BCUT2D eigenvalue weighted by molar-refractivity contribution is 5.79. The van der Waals surface area contributed by atoms with Gasteiger partial charge in [0.2, 0.25) is 0 Å². The number of ether oxygens (including phenoxy) is 2. The van der Waals surface area contributed by atoms with Crippen molar-refractivity contribution in [1.82, 2.24) is 15.5 Å². The van der Waals surface area contributed by atoms with Gasteiger partial charge in [-0.3, -0.25) is 9.89 Å². The van der Waals surface area contributed by atoms with Crippen LogP contribution in [-0.4, -0.2) is 89.1 Å². The van der Waals surface area contributed by atoms with E-state index in [0.717, 1.165) is 103 Å². The largest absolute Gasteiger partial charge is 0.379 e. The van der Waals surface area contributed by atoms with Crippen molar-refractivity contribution in [3.63, 3.8) is 0 Å². The smallest absolute Gasteiger partial charge is 0.191 e. The van der Waals surface area contributed by atoms with Gasteiger partial charge in [-0.1, -0.05) is 12.1 Å². The topological polar surface area (TPSA) is 61.4 Å². The molecule has 2 saturated heterocycles. The number of rotatable bonds is 11. The second kappa shape index (κ2) is 13.5. The summed E-state index contributed by atoms with van der Waals surface area (Å²) in [6.45, 7) is 11.5. The maximum atomic E-state index is 14.0. The van der Waals surface area contributed by atoms with Crippen LogP contribution in [0.3, 0.4) is 0 Å². The third kappa shape index (κ3) is 8.27. The summed E-state index contributed by atoms with van der Waals surface area (Å²) in [7, 11) is 0. The van der Waals surface area contributed by atoms with E-state index >= 15 is 0 Å². The second-order valence-corrected chi connectivity index (χ2v) is 8.03. The lowest BCUT2D eigenvalue weighted by Crippen LogP contribution is -2.47. The lowest BCUT2D eigenvalue weighted by Gasteiger charge is -2.36. The van der Waals surface area contributed by atoms with Crippen molar-refractivity contribution in [1.29, 1.82) is 0 Å². The molecule has 2 aliphatic heterocycles. The molecule has 2 fully saturated rings. The lowest BCUT2D eigenvalue weighted by atomic mass is 10.2. The van der Waals surface area contributed by atoms with Crippen LogP contribution in [0.5, 0.6) is 0 Å². The van der Waals surface area contributed by atoms with Crippen molar-refractivity contribution in [3.05, 3.63) is 30.1 Å². The average molecular weight is 436 g/mol. The summed E-state index contributed by atoms with van der Waals surface area (Å²) in [5.74, 6) is 0.741. The molecular formula is C23H38FN5O2. The molecule has 1 aromatic carbocycles.